The van der Waals surface area contributed by atoms with Crippen molar-refractivity contribution in [3.8, 4) is 0 Å². The van der Waals surface area contributed by atoms with E-state index >= 15 is 0 Å². The molecule has 0 heterocycles. The second-order valence-corrected chi connectivity index (χ2v) is 0.542. The van der Waals surface area contributed by atoms with Crippen LogP contribution in [0.5, 0.6) is 0 Å². The molecule has 32 valence electrons. The van der Waals surface area contributed by atoms with Crippen molar-refractivity contribution in [3.05, 3.63) is 12.7 Å². The molecular formula is C3H6BeO2. The SMILES string of the molecule is C=CC(=O)O.[BeH2]. The van der Waals surface area contributed by atoms with Crippen molar-refractivity contribution < 1.29 is 9.90 Å². The van der Waals surface area contributed by atoms with Gasteiger partial charge in [-0.15, -0.1) is 0 Å². The first-order valence-electron chi connectivity index (χ1n) is 1.12. The molecule has 0 aliphatic rings. The van der Waals surface area contributed by atoms with Gasteiger partial charge in [-0.1, -0.05) is 6.58 Å². The van der Waals surface area contributed by atoms with E-state index in [4.69, 9.17) is 5.11 Å². The summed E-state index contributed by atoms with van der Waals surface area (Å²) in [5.41, 5.74) is 0. The van der Waals surface area contributed by atoms with Crippen molar-refractivity contribution in [3.63, 3.8) is 0 Å². The topological polar surface area (TPSA) is 37.3 Å². The van der Waals surface area contributed by atoms with E-state index in [2.05, 4.69) is 6.58 Å². The molecule has 0 saturated heterocycles. The molecule has 6 heavy (non-hydrogen) atoms. The van der Waals surface area contributed by atoms with Crippen molar-refractivity contribution >= 4 is 16.1 Å². The van der Waals surface area contributed by atoms with Crippen LogP contribution in [-0.4, -0.2) is 21.2 Å². The second kappa shape index (κ2) is 4.38. The average molecular weight is 83.1 g/mol. The first-order valence-corrected chi connectivity index (χ1v) is 1.12. The van der Waals surface area contributed by atoms with Gasteiger partial charge in [-0.2, -0.15) is 0 Å². The molecule has 0 bridgehead atoms. The van der Waals surface area contributed by atoms with Gasteiger partial charge in [0, 0.05) is 6.08 Å². The number of carboxylic acid groups (broad SMARTS) is 1. The van der Waals surface area contributed by atoms with E-state index in [1.807, 2.05) is 0 Å². The van der Waals surface area contributed by atoms with Crippen molar-refractivity contribution in [2.45, 2.75) is 0 Å². The molecule has 0 aromatic rings. The van der Waals surface area contributed by atoms with Gasteiger partial charge in [-0.05, 0) is 0 Å². The monoisotopic (exact) mass is 83.0 g/mol. The molecule has 0 rings (SSSR count). The number of carbonyl (C=O) groups is 1. The molecule has 0 amide bonds. The van der Waals surface area contributed by atoms with E-state index in [0.29, 0.717) is 0 Å². The van der Waals surface area contributed by atoms with Gasteiger partial charge in [0.05, 0.1) is 0 Å². The first-order chi connectivity index (χ1) is 2.27. The molecule has 0 spiro atoms. The second-order valence-electron chi connectivity index (χ2n) is 0.542. The minimum absolute atomic E-state index is 0. The van der Waals surface area contributed by atoms with Crippen LogP contribution >= 0.6 is 0 Å². The maximum atomic E-state index is 9.25. The Labute approximate surface area is 39.7 Å². The molecular weight excluding hydrogens is 77.0 g/mol. The summed E-state index contributed by atoms with van der Waals surface area (Å²) in [7, 11) is 0. The van der Waals surface area contributed by atoms with Gasteiger partial charge >= 0.3 is 16.1 Å². The van der Waals surface area contributed by atoms with Gasteiger partial charge < -0.3 is 5.11 Å². The predicted octanol–water partition coefficient (Wildman–Crippen LogP) is -0.659. The standard InChI is InChI=1S/C3H4O2.Be.2H/c1-2-3(4)5;;;/h2H,1H2,(H,4,5);;;. The molecule has 3 heteroatoms. The van der Waals surface area contributed by atoms with E-state index in [9.17, 15) is 4.79 Å². The van der Waals surface area contributed by atoms with Crippen LogP contribution in [0.1, 0.15) is 0 Å². The third-order valence-electron chi connectivity index (χ3n) is 0.175. The summed E-state index contributed by atoms with van der Waals surface area (Å²) < 4.78 is 0. The van der Waals surface area contributed by atoms with Gasteiger partial charge in [0.1, 0.15) is 0 Å². The molecule has 0 saturated carbocycles. The van der Waals surface area contributed by atoms with Gasteiger partial charge in [0.15, 0.2) is 0 Å². The van der Waals surface area contributed by atoms with E-state index in [0.717, 1.165) is 6.08 Å². The number of aliphatic carboxylic acids is 1. The fourth-order valence-corrected chi connectivity index (χ4v) is 0. The zero-order valence-corrected chi connectivity index (χ0v) is 2.64. The molecule has 0 fully saturated rings. The van der Waals surface area contributed by atoms with Gasteiger partial charge in [-0.3, -0.25) is 0 Å². The molecule has 2 nitrogen and oxygen atoms in total. The van der Waals surface area contributed by atoms with Crippen LogP contribution in [0.2, 0.25) is 0 Å². The number of hydrogen-bond acceptors (Lipinski definition) is 1. The zero-order valence-electron chi connectivity index (χ0n) is 2.64. The van der Waals surface area contributed by atoms with E-state index in [-0.39, 0.29) is 10.1 Å². The zero-order chi connectivity index (χ0) is 4.28. The van der Waals surface area contributed by atoms with E-state index < -0.39 is 5.97 Å². The summed E-state index contributed by atoms with van der Waals surface area (Å²) in [5.74, 6) is -0.981. The summed E-state index contributed by atoms with van der Waals surface area (Å²) in [6.07, 6.45) is 0.833. The molecule has 0 aromatic carbocycles. The van der Waals surface area contributed by atoms with Gasteiger partial charge in [0.2, 0.25) is 0 Å². The Morgan fingerprint density at radius 3 is 2.00 bits per heavy atom. The third kappa shape index (κ3) is 10.1. The quantitative estimate of drug-likeness (QED) is 0.337. The van der Waals surface area contributed by atoms with Crippen molar-refractivity contribution in [2.75, 3.05) is 0 Å². The third-order valence-corrected chi connectivity index (χ3v) is 0.175. The fourth-order valence-electron chi connectivity index (χ4n) is 0. The normalized spacial score (nSPS) is 5.33. The summed E-state index contributed by atoms with van der Waals surface area (Å²) in [6.45, 7) is 2.96. The summed E-state index contributed by atoms with van der Waals surface area (Å²) in [5, 5.41) is 7.60. The predicted molar refractivity (Wildman–Crippen MR) is 26.4 cm³/mol. The Morgan fingerprint density at radius 2 is 2.00 bits per heavy atom. The Kier molecular flexibility index (Phi) is 6.59. The number of rotatable bonds is 1. The van der Waals surface area contributed by atoms with Crippen LogP contribution in [0.15, 0.2) is 12.7 Å². The van der Waals surface area contributed by atoms with Crippen LogP contribution in [0.4, 0.5) is 0 Å². The number of carboxylic acids is 1. The fraction of sp³-hybridized carbons (Fsp3) is 0. The molecule has 0 aliphatic carbocycles. The Balaban J connectivity index is 0. The molecule has 0 aromatic heterocycles. The average Bonchev–Trinajstić information content (AvgIpc) is 1.38. The van der Waals surface area contributed by atoms with Crippen LogP contribution < -0.4 is 0 Å². The summed E-state index contributed by atoms with van der Waals surface area (Å²) in [4.78, 5) is 9.25. The van der Waals surface area contributed by atoms with Gasteiger partial charge in [0.25, 0.3) is 0 Å². The molecule has 0 atom stereocenters. The van der Waals surface area contributed by atoms with E-state index in [1.54, 1.807) is 0 Å². The van der Waals surface area contributed by atoms with E-state index in [1.165, 1.54) is 0 Å². The van der Waals surface area contributed by atoms with Crippen molar-refractivity contribution in [2.24, 2.45) is 0 Å². The Hall–Kier alpha value is -0.621. The van der Waals surface area contributed by atoms with Gasteiger partial charge in [-0.25, -0.2) is 4.79 Å². The maximum absolute atomic E-state index is 9.25. The van der Waals surface area contributed by atoms with Crippen LogP contribution in [0.3, 0.4) is 0 Å². The molecule has 1 N–H and O–H groups in total. The first kappa shape index (κ1) is 9.03. The van der Waals surface area contributed by atoms with Crippen molar-refractivity contribution in [1.29, 1.82) is 0 Å². The molecule has 0 unspecified atom stereocenters. The van der Waals surface area contributed by atoms with Crippen LogP contribution in [-0.2, 0) is 4.79 Å². The Morgan fingerprint density at radius 1 is 1.83 bits per heavy atom. The minimum atomic E-state index is -0.981. The Bertz CT molecular complexity index is 59.8. The number of hydrogen-bond donors (Lipinski definition) is 1. The van der Waals surface area contributed by atoms with Crippen LogP contribution in [0, 0.1) is 0 Å². The molecule has 0 aliphatic heterocycles. The molecule has 0 radical (unpaired) electrons. The van der Waals surface area contributed by atoms with Crippen molar-refractivity contribution in [1.82, 2.24) is 0 Å². The summed E-state index contributed by atoms with van der Waals surface area (Å²) >= 11 is 0. The van der Waals surface area contributed by atoms with Crippen LogP contribution in [0.25, 0.3) is 0 Å². The summed E-state index contributed by atoms with van der Waals surface area (Å²) in [6, 6.07) is 0.